The van der Waals surface area contributed by atoms with E-state index in [1.165, 1.54) is 82.0 Å². The fourth-order valence-corrected chi connectivity index (χ4v) is 5.72. The second-order valence-electron chi connectivity index (χ2n) is 11.8. The molecule has 0 radical (unpaired) electrons. The standard InChI is InChI=1S/C17H13.C13H8F2.C11H17.2ClH.Zr/c1-3-12-5-7-14-11-15-8-6-13(4-2)10-17(15)16(14)9-12;14-12-5-1-10(2-6-12)9-11-3-7-13(15)8-4-11;1-5-9-6-7-10(8-9)11(2,3)4;;;/h3-11H,1-2H2;1-8H;7-9H,5H2,1-4H3;2*1H;/q-1;;-1;;;+2/p-2. The van der Waals surface area contributed by atoms with E-state index in [9.17, 15) is 8.78 Å². The van der Waals surface area contributed by atoms with Gasteiger partial charge in [0.25, 0.3) is 0 Å². The van der Waals surface area contributed by atoms with Crippen LogP contribution in [0.3, 0.4) is 0 Å². The first-order valence-electron chi connectivity index (χ1n) is 14.8. The van der Waals surface area contributed by atoms with Crippen molar-refractivity contribution in [1.82, 2.24) is 0 Å². The molecule has 0 amide bonds. The summed E-state index contributed by atoms with van der Waals surface area (Å²) < 4.78 is 26.6. The number of hydrogen-bond acceptors (Lipinski definition) is 0. The molecule has 1 atom stereocenters. The van der Waals surface area contributed by atoms with Crippen LogP contribution in [-0.4, -0.2) is 3.21 Å². The smallest absolute Gasteiger partial charge is 1.00 e. The van der Waals surface area contributed by atoms with Crippen molar-refractivity contribution < 1.29 is 57.8 Å². The monoisotopic (exact) mass is 728 g/mol. The molecule has 1 unspecified atom stereocenters. The first-order valence-corrected chi connectivity index (χ1v) is 16.1. The van der Waals surface area contributed by atoms with Gasteiger partial charge in [-0.25, -0.2) is 6.08 Å². The molecular weight excluding hydrogens is 693 g/mol. The summed E-state index contributed by atoms with van der Waals surface area (Å²) in [5, 5.41) is 5.15. The Labute approximate surface area is 300 Å². The zero-order chi connectivity index (χ0) is 31.9. The third-order valence-corrected chi connectivity index (χ3v) is 9.05. The van der Waals surface area contributed by atoms with Gasteiger partial charge < -0.3 is 24.8 Å². The van der Waals surface area contributed by atoms with Gasteiger partial charge in [-0.3, -0.25) is 6.08 Å². The van der Waals surface area contributed by atoms with Gasteiger partial charge in [0.2, 0.25) is 0 Å². The Morgan fingerprint density at radius 2 is 1.22 bits per heavy atom. The summed E-state index contributed by atoms with van der Waals surface area (Å²) >= 11 is 1.22. The average Bonchev–Trinajstić information content (AvgIpc) is 3.67. The molecule has 5 aromatic carbocycles. The normalized spacial score (nSPS) is 13.3. The topological polar surface area (TPSA) is 0 Å². The zero-order valence-electron chi connectivity index (χ0n) is 26.7. The minimum atomic E-state index is -0.244. The van der Waals surface area contributed by atoms with Crippen LogP contribution in [0, 0.1) is 29.0 Å². The molecule has 0 bridgehead atoms. The van der Waals surface area contributed by atoms with Crippen molar-refractivity contribution in [3.63, 3.8) is 0 Å². The summed E-state index contributed by atoms with van der Waals surface area (Å²) in [4.78, 5) is 0. The third-order valence-electron chi connectivity index (χ3n) is 7.63. The minimum Gasteiger partial charge on any atom is -1.00 e. The van der Waals surface area contributed by atoms with Crippen molar-refractivity contribution >= 4 is 36.9 Å². The van der Waals surface area contributed by atoms with Gasteiger partial charge in [0.05, 0.1) is 0 Å². The predicted octanol–water partition coefficient (Wildman–Crippen LogP) is 5.44. The van der Waals surface area contributed by atoms with Crippen LogP contribution in [0.4, 0.5) is 8.78 Å². The SMILES string of the molecule is C=Cc1ccc2[cH-]c3ccc(C=C)cc3c2c1.CCC1[C-]=CC(C(C)(C)C)=C1.Fc1ccc([C](=[Zr+2])c2ccc(F)cc2)cc1.[Cl-].[Cl-]. The average molecular weight is 731 g/mol. The number of halogens is 4. The van der Waals surface area contributed by atoms with Gasteiger partial charge in [0.1, 0.15) is 0 Å². The van der Waals surface area contributed by atoms with E-state index in [0.29, 0.717) is 11.3 Å². The molecule has 0 nitrogen and oxygen atoms in total. The van der Waals surface area contributed by atoms with Gasteiger partial charge in [-0.1, -0.05) is 95.0 Å². The van der Waals surface area contributed by atoms with E-state index in [1.54, 1.807) is 24.3 Å². The van der Waals surface area contributed by atoms with Crippen LogP contribution in [-0.2, 0) is 24.2 Å². The maximum atomic E-state index is 12.8. The van der Waals surface area contributed by atoms with Crippen molar-refractivity contribution in [1.29, 1.82) is 0 Å². The second kappa shape index (κ2) is 17.7. The first-order chi connectivity index (χ1) is 21.0. The zero-order valence-corrected chi connectivity index (χ0v) is 30.7. The van der Waals surface area contributed by atoms with Crippen molar-refractivity contribution in [2.24, 2.45) is 11.3 Å². The van der Waals surface area contributed by atoms with Gasteiger partial charge in [0, 0.05) is 0 Å². The maximum absolute atomic E-state index is 12.8. The Hall–Kier alpha value is -3.10. The van der Waals surface area contributed by atoms with E-state index in [0.717, 1.165) is 25.5 Å². The van der Waals surface area contributed by atoms with Crippen molar-refractivity contribution in [2.75, 3.05) is 0 Å². The Bertz CT molecular complexity index is 1730. The van der Waals surface area contributed by atoms with Crippen molar-refractivity contribution in [2.45, 2.75) is 34.1 Å². The van der Waals surface area contributed by atoms with E-state index < -0.39 is 0 Å². The molecule has 0 saturated carbocycles. The molecule has 46 heavy (non-hydrogen) atoms. The number of fused-ring (bicyclic) bond motifs is 3. The fraction of sp³-hybridized carbons (Fsp3) is 0.171. The van der Waals surface area contributed by atoms with Crippen molar-refractivity contribution in [3.8, 4) is 0 Å². The molecule has 0 aromatic heterocycles. The van der Waals surface area contributed by atoms with E-state index in [1.807, 2.05) is 12.2 Å². The Balaban J connectivity index is 0.000000241. The second-order valence-corrected chi connectivity index (χ2v) is 13.1. The summed E-state index contributed by atoms with van der Waals surface area (Å²) in [5.41, 5.74) is 6.02. The van der Waals surface area contributed by atoms with E-state index in [-0.39, 0.29) is 36.4 Å². The number of allylic oxidation sites excluding steroid dienone is 4. The van der Waals surface area contributed by atoms with E-state index >= 15 is 0 Å². The van der Waals surface area contributed by atoms with Crippen LogP contribution >= 0.6 is 0 Å². The maximum Gasteiger partial charge on any atom is -1.00 e. The van der Waals surface area contributed by atoms with Gasteiger partial charge in [-0.2, -0.15) is 11.6 Å². The Morgan fingerprint density at radius 1 is 0.783 bits per heavy atom. The van der Waals surface area contributed by atoms with Crippen LogP contribution in [0.2, 0.25) is 0 Å². The predicted molar refractivity (Wildman–Crippen MR) is 182 cm³/mol. The van der Waals surface area contributed by atoms with Gasteiger partial charge in [0.15, 0.2) is 0 Å². The summed E-state index contributed by atoms with van der Waals surface area (Å²) in [6, 6.07) is 27.8. The quantitative estimate of drug-likeness (QED) is 0.212. The molecule has 0 spiro atoms. The summed E-state index contributed by atoms with van der Waals surface area (Å²) in [6.45, 7) is 16.6. The number of rotatable bonds is 5. The van der Waals surface area contributed by atoms with Gasteiger partial charge >= 0.3 is 108 Å². The third kappa shape index (κ3) is 10.2. The molecule has 0 aliphatic heterocycles. The summed E-state index contributed by atoms with van der Waals surface area (Å²) in [6.07, 6.45) is 12.8. The van der Waals surface area contributed by atoms with Crippen LogP contribution < -0.4 is 24.8 Å². The largest absolute Gasteiger partial charge is 1.00 e. The minimum absolute atomic E-state index is 0. The molecule has 6 rings (SSSR count). The first kappa shape index (κ1) is 39.1. The van der Waals surface area contributed by atoms with Crippen LogP contribution in [0.25, 0.3) is 33.7 Å². The Morgan fingerprint density at radius 3 is 1.54 bits per heavy atom. The molecule has 1 aliphatic carbocycles. The van der Waals surface area contributed by atoms with Crippen LogP contribution in [0.1, 0.15) is 56.4 Å². The van der Waals surface area contributed by atoms with Gasteiger partial charge in [-0.05, 0) is 11.1 Å². The van der Waals surface area contributed by atoms with Crippen LogP contribution in [0.15, 0.2) is 122 Å². The van der Waals surface area contributed by atoms with E-state index in [4.69, 9.17) is 0 Å². The summed E-state index contributed by atoms with van der Waals surface area (Å²) in [5.74, 6) is 0.0853. The number of hydrogen-bond donors (Lipinski definition) is 0. The molecular formula is C41H38Cl2F2Zr-2. The van der Waals surface area contributed by atoms with Crippen LogP contribution in [0.5, 0.6) is 0 Å². The summed E-state index contributed by atoms with van der Waals surface area (Å²) in [7, 11) is 0. The van der Waals surface area contributed by atoms with E-state index in [2.05, 4.69) is 102 Å². The molecule has 0 heterocycles. The molecule has 0 saturated heterocycles. The molecule has 1 aliphatic rings. The fourth-order valence-electron chi connectivity index (χ4n) is 4.90. The Kier molecular flexibility index (Phi) is 15.1. The number of benzene rings is 4. The molecule has 0 N–H and O–H groups in total. The molecule has 5 heteroatoms. The van der Waals surface area contributed by atoms with Gasteiger partial charge in [-0.15, -0.1) is 39.7 Å². The molecule has 0 fully saturated rings. The van der Waals surface area contributed by atoms with Crippen molar-refractivity contribution in [3.05, 3.63) is 162 Å². The molecule has 5 aromatic rings. The molecule has 236 valence electrons.